The van der Waals surface area contributed by atoms with Gasteiger partial charge in [-0.05, 0) is 34.7 Å². The first kappa shape index (κ1) is 10.8. The third-order valence-electron chi connectivity index (χ3n) is 3.51. The zero-order valence-electron chi connectivity index (χ0n) is 10.7. The molecule has 0 heterocycles. The van der Waals surface area contributed by atoms with Gasteiger partial charge in [0.2, 0.25) is 0 Å². The Morgan fingerprint density at radius 2 is 1.71 bits per heavy atom. The van der Waals surface area contributed by atoms with E-state index in [1.165, 1.54) is 27.4 Å². The van der Waals surface area contributed by atoms with E-state index in [4.69, 9.17) is 0 Å². The summed E-state index contributed by atoms with van der Waals surface area (Å²) in [6.45, 7) is 7.15. The van der Waals surface area contributed by atoms with Gasteiger partial charge in [-0.3, -0.25) is 0 Å². The van der Waals surface area contributed by atoms with Crippen LogP contribution in [-0.2, 0) is 6.42 Å². The van der Waals surface area contributed by atoms with Gasteiger partial charge in [-0.2, -0.15) is 0 Å². The molecule has 2 aromatic carbocycles. The second-order valence-corrected chi connectivity index (χ2v) is 10.9. The molecule has 1 radical (unpaired) electrons. The smallest absolute Gasteiger partial charge is 0.0656 e. The van der Waals surface area contributed by atoms with E-state index in [-0.39, 0.29) is 0 Å². The summed E-state index contributed by atoms with van der Waals surface area (Å²) < 4.78 is 0. The molecule has 1 aliphatic rings. The van der Waals surface area contributed by atoms with E-state index >= 15 is 0 Å². The Morgan fingerprint density at radius 3 is 2.47 bits per heavy atom. The maximum absolute atomic E-state index is 3.67. The van der Waals surface area contributed by atoms with Crippen molar-refractivity contribution >= 4 is 13.3 Å². The summed E-state index contributed by atoms with van der Waals surface area (Å²) >= 11 is 0. The van der Waals surface area contributed by atoms with Gasteiger partial charge in [0.05, 0.1) is 8.07 Å². The highest BCUT2D eigenvalue weighted by atomic mass is 28.3. The van der Waals surface area contributed by atoms with Crippen LogP contribution in [0.1, 0.15) is 11.1 Å². The Hall–Kier alpha value is -1.34. The number of hydrogen-bond donors (Lipinski definition) is 0. The molecule has 3 rings (SSSR count). The number of rotatable bonds is 1. The monoisotopic (exact) mass is 237 g/mol. The topological polar surface area (TPSA) is 0 Å². The molecule has 0 atom stereocenters. The Balaban J connectivity index is 2.13. The van der Waals surface area contributed by atoms with E-state index in [0.29, 0.717) is 0 Å². The predicted molar refractivity (Wildman–Crippen MR) is 76.5 cm³/mol. The summed E-state index contributed by atoms with van der Waals surface area (Å²) in [7, 11) is -1.24. The van der Waals surface area contributed by atoms with Crippen LogP contribution >= 0.6 is 0 Å². The third-order valence-corrected chi connectivity index (χ3v) is 5.42. The van der Waals surface area contributed by atoms with Crippen LogP contribution in [0.2, 0.25) is 19.6 Å². The summed E-state index contributed by atoms with van der Waals surface area (Å²) in [6.07, 6.45) is 1.06. The van der Waals surface area contributed by atoms with E-state index in [9.17, 15) is 0 Å². The molecular formula is C16H17Si. The summed E-state index contributed by atoms with van der Waals surface area (Å²) in [6, 6.07) is 17.0. The van der Waals surface area contributed by atoms with Crippen LogP contribution in [0, 0.1) is 6.07 Å². The van der Waals surface area contributed by atoms with Crippen LogP contribution in [-0.4, -0.2) is 8.07 Å². The highest BCUT2D eigenvalue weighted by Crippen LogP contribution is 2.35. The van der Waals surface area contributed by atoms with Gasteiger partial charge in [-0.25, -0.2) is 0 Å². The quantitative estimate of drug-likeness (QED) is 0.567. The Kier molecular flexibility index (Phi) is 2.27. The second kappa shape index (κ2) is 3.57. The lowest BCUT2D eigenvalue weighted by molar-refractivity contribution is 1.26. The van der Waals surface area contributed by atoms with Gasteiger partial charge >= 0.3 is 0 Å². The van der Waals surface area contributed by atoms with Gasteiger partial charge in [-0.1, -0.05) is 61.2 Å². The minimum absolute atomic E-state index is 1.06. The molecule has 0 amide bonds. The van der Waals surface area contributed by atoms with Crippen LogP contribution in [0.25, 0.3) is 11.1 Å². The molecule has 0 spiro atoms. The molecule has 17 heavy (non-hydrogen) atoms. The molecule has 0 nitrogen and oxygen atoms in total. The zero-order chi connectivity index (χ0) is 12.0. The maximum Gasteiger partial charge on any atom is 0.0784 e. The Morgan fingerprint density at radius 1 is 0.941 bits per heavy atom. The van der Waals surface area contributed by atoms with Crippen molar-refractivity contribution in [2.24, 2.45) is 0 Å². The molecule has 0 bridgehead atoms. The fourth-order valence-corrected chi connectivity index (χ4v) is 3.60. The van der Waals surface area contributed by atoms with Gasteiger partial charge in [0, 0.05) is 0 Å². The SMILES string of the molecule is C[Si](C)(C)c1[c]c2c(cc1)-c1ccccc1C2. The van der Waals surface area contributed by atoms with E-state index in [0.717, 1.165) is 6.42 Å². The normalized spacial score (nSPS) is 13.4. The van der Waals surface area contributed by atoms with Crippen LogP contribution in [0.5, 0.6) is 0 Å². The Labute approximate surface area is 104 Å². The lowest BCUT2D eigenvalue weighted by Gasteiger charge is -2.17. The zero-order valence-corrected chi connectivity index (χ0v) is 11.7. The van der Waals surface area contributed by atoms with Crippen molar-refractivity contribution < 1.29 is 0 Å². The first-order valence-electron chi connectivity index (χ1n) is 6.20. The minimum Gasteiger partial charge on any atom is -0.0656 e. The lowest BCUT2D eigenvalue weighted by Crippen LogP contribution is -2.37. The largest absolute Gasteiger partial charge is 0.0784 e. The van der Waals surface area contributed by atoms with Gasteiger partial charge < -0.3 is 0 Å². The number of fused-ring (bicyclic) bond motifs is 3. The average Bonchev–Trinajstić information content (AvgIpc) is 2.65. The third kappa shape index (κ3) is 1.75. The van der Waals surface area contributed by atoms with Crippen molar-refractivity contribution in [3.63, 3.8) is 0 Å². The van der Waals surface area contributed by atoms with Gasteiger partial charge in [-0.15, -0.1) is 0 Å². The molecule has 0 saturated carbocycles. The molecule has 1 aliphatic carbocycles. The van der Waals surface area contributed by atoms with Crippen molar-refractivity contribution in [3.8, 4) is 11.1 Å². The van der Waals surface area contributed by atoms with Crippen LogP contribution in [0.3, 0.4) is 0 Å². The molecule has 0 N–H and O–H groups in total. The molecule has 0 saturated heterocycles. The molecule has 2 aromatic rings. The highest BCUT2D eigenvalue weighted by molar-refractivity contribution is 6.88. The van der Waals surface area contributed by atoms with Gasteiger partial charge in [0.15, 0.2) is 0 Å². The van der Waals surface area contributed by atoms with Crippen molar-refractivity contribution in [2.45, 2.75) is 26.1 Å². The van der Waals surface area contributed by atoms with Gasteiger partial charge in [0.1, 0.15) is 0 Å². The van der Waals surface area contributed by atoms with E-state index in [2.05, 4.69) is 62.1 Å². The maximum atomic E-state index is 3.67. The van der Waals surface area contributed by atoms with Crippen LogP contribution in [0.4, 0.5) is 0 Å². The fourth-order valence-electron chi connectivity index (χ4n) is 2.50. The van der Waals surface area contributed by atoms with E-state index < -0.39 is 8.07 Å². The fraction of sp³-hybridized carbons (Fsp3) is 0.250. The molecule has 1 heteroatoms. The first-order chi connectivity index (χ1) is 8.05. The highest BCUT2D eigenvalue weighted by Gasteiger charge is 2.22. The van der Waals surface area contributed by atoms with E-state index in [1.54, 1.807) is 0 Å². The molecule has 0 aromatic heterocycles. The number of hydrogen-bond acceptors (Lipinski definition) is 0. The summed E-state index contributed by atoms with van der Waals surface area (Å²) in [5, 5.41) is 1.45. The first-order valence-corrected chi connectivity index (χ1v) is 9.70. The van der Waals surface area contributed by atoms with Crippen molar-refractivity contribution in [2.75, 3.05) is 0 Å². The van der Waals surface area contributed by atoms with Crippen molar-refractivity contribution in [1.82, 2.24) is 0 Å². The molecule has 85 valence electrons. The van der Waals surface area contributed by atoms with Gasteiger partial charge in [0.25, 0.3) is 0 Å². The lowest BCUT2D eigenvalue weighted by atomic mass is 10.1. The standard InChI is InChI=1S/C16H17Si/c1-17(2,3)14-8-9-16-13(11-14)10-12-6-4-5-7-15(12)16/h4-9H,10H2,1-3H3. The Bertz CT molecular complexity index is 576. The average molecular weight is 237 g/mol. The molecule has 0 aliphatic heterocycles. The summed E-state index contributed by atoms with van der Waals surface area (Å²) in [5.41, 5.74) is 5.64. The number of benzene rings is 2. The van der Waals surface area contributed by atoms with Crippen LogP contribution < -0.4 is 5.19 Å². The molecular weight excluding hydrogens is 220 g/mol. The van der Waals surface area contributed by atoms with Crippen molar-refractivity contribution in [3.05, 3.63) is 53.6 Å². The predicted octanol–water partition coefficient (Wildman–Crippen LogP) is 3.60. The second-order valence-electron chi connectivity index (χ2n) is 5.85. The van der Waals surface area contributed by atoms with Crippen LogP contribution in [0.15, 0.2) is 36.4 Å². The molecule has 0 fully saturated rings. The van der Waals surface area contributed by atoms with E-state index in [1.807, 2.05) is 0 Å². The summed E-state index contributed by atoms with van der Waals surface area (Å²) in [5.74, 6) is 0. The molecule has 0 unspecified atom stereocenters. The minimum atomic E-state index is -1.24. The van der Waals surface area contributed by atoms with Crippen molar-refractivity contribution in [1.29, 1.82) is 0 Å². The summed E-state index contributed by atoms with van der Waals surface area (Å²) in [4.78, 5) is 0.